The van der Waals surface area contributed by atoms with Crippen molar-refractivity contribution in [3.8, 4) is 5.69 Å². The van der Waals surface area contributed by atoms with Gasteiger partial charge in [-0.3, -0.25) is 19.5 Å². The molecule has 1 heterocycles. The van der Waals surface area contributed by atoms with E-state index in [0.717, 1.165) is 21.3 Å². The van der Waals surface area contributed by atoms with E-state index in [2.05, 4.69) is 0 Å². The molecule has 7 nitrogen and oxygen atoms in total. The molecule has 26 heavy (non-hydrogen) atoms. The van der Waals surface area contributed by atoms with Gasteiger partial charge >= 0.3 is 5.69 Å². The number of non-ortho nitro benzene ring substituents is 1. The van der Waals surface area contributed by atoms with Crippen LogP contribution in [-0.4, -0.2) is 14.1 Å². The van der Waals surface area contributed by atoms with E-state index < -0.39 is 16.2 Å². The molecular formula is C19H17N3O4. The van der Waals surface area contributed by atoms with Crippen LogP contribution in [0.4, 0.5) is 5.69 Å². The Morgan fingerprint density at radius 3 is 2.15 bits per heavy atom. The Balaban J connectivity index is 2.07. The molecule has 0 aliphatic carbocycles. The summed E-state index contributed by atoms with van der Waals surface area (Å²) in [5.41, 5.74) is 2.11. The van der Waals surface area contributed by atoms with Gasteiger partial charge in [-0.25, -0.2) is 9.36 Å². The van der Waals surface area contributed by atoms with Crippen LogP contribution in [0.2, 0.25) is 0 Å². The number of hydrogen-bond acceptors (Lipinski definition) is 4. The molecule has 0 N–H and O–H groups in total. The molecule has 0 amide bonds. The largest absolute Gasteiger partial charge is 0.335 e. The van der Waals surface area contributed by atoms with E-state index in [-0.39, 0.29) is 12.2 Å². The lowest BCUT2D eigenvalue weighted by molar-refractivity contribution is -0.384. The number of hydrogen-bond donors (Lipinski definition) is 0. The van der Waals surface area contributed by atoms with Crippen molar-refractivity contribution >= 4 is 5.69 Å². The van der Waals surface area contributed by atoms with Crippen LogP contribution in [0.3, 0.4) is 0 Å². The van der Waals surface area contributed by atoms with Gasteiger partial charge in [0.05, 0.1) is 17.2 Å². The van der Waals surface area contributed by atoms with Gasteiger partial charge < -0.3 is 0 Å². The first-order chi connectivity index (χ1) is 12.4. The average Bonchev–Trinajstić information content (AvgIpc) is 2.60. The molecule has 0 saturated heterocycles. The first kappa shape index (κ1) is 17.3. The fourth-order valence-corrected chi connectivity index (χ4v) is 2.92. The summed E-state index contributed by atoms with van der Waals surface area (Å²) in [6.07, 6.45) is 1.44. The zero-order valence-corrected chi connectivity index (χ0v) is 14.4. The molecular weight excluding hydrogens is 334 g/mol. The SMILES string of the molecule is Cc1cccc(C)c1-n1c(=O)ccn(Cc2ccc([N+](=O)[O-])cc2)c1=O. The Morgan fingerprint density at radius 2 is 1.58 bits per heavy atom. The number of nitro groups is 1. The number of para-hydroxylation sites is 1. The van der Waals surface area contributed by atoms with Crippen LogP contribution in [0, 0.1) is 24.0 Å². The minimum Gasteiger partial charge on any atom is -0.296 e. The molecule has 2 aromatic carbocycles. The van der Waals surface area contributed by atoms with Crippen molar-refractivity contribution in [3.63, 3.8) is 0 Å². The smallest absolute Gasteiger partial charge is 0.296 e. The van der Waals surface area contributed by atoms with Gasteiger partial charge in [-0.1, -0.05) is 30.3 Å². The minimum atomic E-state index is -0.475. The normalized spacial score (nSPS) is 10.7. The first-order valence-electron chi connectivity index (χ1n) is 8.01. The van der Waals surface area contributed by atoms with Gasteiger partial charge in [0.1, 0.15) is 0 Å². The van der Waals surface area contributed by atoms with Crippen molar-refractivity contribution < 1.29 is 4.92 Å². The van der Waals surface area contributed by atoms with Crippen molar-refractivity contribution in [2.75, 3.05) is 0 Å². The number of nitro benzene ring substituents is 1. The van der Waals surface area contributed by atoms with Gasteiger partial charge in [-0.2, -0.15) is 0 Å². The zero-order chi connectivity index (χ0) is 18.8. The van der Waals surface area contributed by atoms with E-state index in [0.29, 0.717) is 5.69 Å². The second-order valence-corrected chi connectivity index (χ2v) is 6.06. The van der Waals surface area contributed by atoms with Gasteiger partial charge in [-0.05, 0) is 30.5 Å². The van der Waals surface area contributed by atoms with E-state index in [1.165, 1.54) is 29.0 Å². The van der Waals surface area contributed by atoms with Gasteiger partial charge in [0.2, 0.25) is 0 Å². The summed E-state index contributed by atoms with van der Waals surface area (Å²) in [5, 5.41) is 10.7. The van der Waals surface area contributed by atoms with E-state index in [4.69, 9.17) is 0 Å². The van der Waals surface area contributed by atoms with E-state index in [1.54, 1.807) is 12.1 Å². The van der Waals surface area contributed by atoms with Crippen LogP contribution < -0.4 is 11.2 Å². The highest BCUT2D eigenvalue weighted by Crippen LogP contribution is 2.16. The molecule has 0 aliphatic heterocycles. The molecule has 0 saturated carbocycles. The highest BCUT2D eigenvalue weighted by atomic mass is 16.6. The Morgan fingerprint density at radius 1 is 0.962 bits per heavy atom. The molecule has 0 fully saturated rings. The highest BCUT2D eigenvalue weighted by Gasteiger charge is 2.13. The molecule has 0 aliphatic rings. The van der Waals surface area contributed by atoms with Gasteiger partial charge in [-0.15, -0.1) is 0 Å². The maximum atomic E-state index is 12.9. The lowest BCUT2D eigenvalue weighted by atomic mass is 10.1. The summed E-state index contributed by atoms with van der Waals surface area (Å²) in [5.74, 6) is 0. The maximum absolute atomic E-state index is 12.9. The number of nitrogens with zero attached hydrogens (tertiary/aromatic N) is 3. The molecule has 0 atom stereocenters. The second-order valence-electron chi connectivity index (χ2n) is 6.06. The van der Waals surface area contributed by atoms with Gasteiger partial charge in [0.15, 0.2) is 0 Å². The van der Waals surface area contributed by atoms with Crippen LogP contribution in [0.1, 0.15) is 16.7 Å². The van der Waals surface area contributed by atoms with Crippen LogP contribution in [0.15, 0.2) is 64.3 Å². The lowest BCUT2D eigenvalue weighted by Crippen LogP contribution is -2.38. The number of aromatic nitrogens is 2. The Hall–Kier alpha value is -3.48. The molecule has 7 heteroatoms. The van der Waals surface area contributed by atoms with Crippen molar-refractivity contribution in [2.24, 2.45) is 0 Å². The predicted octanol–water partition coefficient (Wildman–Crippen LogP) is 2.57. The summed E-state index contributed by atoms with van der Waals surface area (Å²) < 4.78 is 2.57. The lowest BCUT2D eigenvalue weighted by Gasteiger charge is -2.14. The third kappa shape index (κ3) is 3.19. The Bertz CT molecular complexity index is 1070. The predicted molar refractivity (Wildman–Crippen MR) is 98.0 cm³/mol. The molecule has 0 unspecified atom stereocenters. The molecule has 0 bridgehead atoms. The topological polar surface area (TPSA) is 87.1 Å². The van der Waals surface area contributed by atoms with Crippen molar-refractivity contribution in [2.45, 2.75) is 20.4 Å². The van der Waals surface area contributed by atoms with Gasteiger partial charge in [0, 0.05) is 24.4 Å². The fourth-order valence-electron chi connectivity index (χ4n) is 2.92. The number of rotatable bonds is 4. The molecule has 3 aromatic rings. The molecule has 132 valence electrons. The van der Waals surface area contributed by atoms with Crippen LogP contribution in [0.5, 0.6) is 0 Å². The quantitative estimate of drug-likeness (QED) is 0.534. The monoisotopic (exact) mass is 351 g/mol. The molecule has 0 spiro atoms. The Kier molecular flexibility index (Phi) is 4.53. The summed E-state index contributed by atoms with van der Waals surface area (Å²) >= 11 is 0. The fraction of sp³-hybridized carbons (Fsp3) is 0.158. The van der Waals surface area contributed by atoms with E-state index >= 15 is 0 Å². The molecule has 1 aromatic heterocycles. The van der Waals surface area contributed by atoms with Crippen molar-refractivity contribution in [1.82, 2.24) is 9.13 Å². The number of aryl methyl sites for hydroxylation is 2. The number of benzene rings is 2. The van der Waals surface area contributed by atoms with E-state index in [1.807, 2.05) is 32.0 Å². The Labute approximate surface area is 148 Å². The summed E-state index contributed by atoms with van der Waals surface area (Å²) in [7, 11) is 0. The summed E-state index contributed by atoms with van der Waals surface area (Å²) in [6, 6.07) is 12.9. The van der Waals surface area contributed by atoms with Gasteiger partial charge in [0.25, 0.3) is 11.2 Å². The van der Waals surface area contributed by atoms with Crippen LogP contribution in [-0.2, 0) is 6.54 Å². The van der Waals surface area contributed by atoms with Crippen LogP contribution in [0.25, 0.3) is 5.69 Å². The highest BCUT2D eigenvalue weighted by molar-refractivity contribution is 5.46. The maximum Gasteiger partial charge on any atom is 0.335 e. The summed E-state index contributed by atoms with van der Waals surface area (Å²) in [4.78, 5) is 35.5. The minimum absolute atomic E-state index is 0.0124. The van der Waals surface area contributed by atoms with E-state index in [9.17, 15) is 19.7 Å². The average molecular weight is 351 g/mol. The molecule has 3 rings (SSSR count). The molecule has 0 radical (unpaired) electrons. The third-order valence-electron chi connectivity index (χ3n) is 4.22. The second kappa shape index (κ2) is 6.79. The van der Waals surface area contributed by atoms with Crippen molar-refractivity contribution in [1.29, 1.82) is 0 Å². The van der Waals surface area contributed by atoms with Crippen LogP contribution >= 0.6 is 0 Å². The van der Waals surface area contributed by atoms with Crippen molar-refractivity contribution in [3.05, 3.63) is 102 Å². The standard InChI is InChI=1S/C19H17N3O4/c1-13-4-3-5-14(2)18(13)21-17(23)10-11-20(19(21)24)12-15-6-8-16(9-7-15)22(25)26/h3-11H,12H2,1-2H3. The summed E-state index contributed by atoms with van der Waals surface area (Å²) in [6.45, 7) is 3.91. The zero-order valence-electron chi connectivity index (χ0n) is 14.4. The third-order valence-corrected chi connectivity index (χ3v) is 4.22. The first-order valence-corrected chi connectivity index (χ1v) is 8.01.